The monoisotopic (exact) mass is 557 g/mol. The Kier molecular flexibility index (Phi) is 7.87. The number of benzene rings is 2. The average molecular weight is 558 g/mol. The number of anilines is 1. The van der Waals surface area contributed by atoms with Crippen molar-refractivity contribution in [3.05, 3.63) is 106 Å². The fraction of sp³-hybridized carbons (Fsp3) is 0.143. The van der Waals surface area contributed by atoms with Crippen LogP contribution >= 0.6 is 11.8 Å². The van der Waals surface area contributed by atoms with Crippen molar-refractivity contribution in [1.82, 2.24) is 4.90 Å². The second-order valence-corrected chi connectivity index (χ2v) is 10.0. The Hall–Kier alpha value is -4.97. The molecule has 2 aromatic carbocycles. The Morgan fingerprint density at radius 3 is 2.67 bits per heavy atom. The smallest absolute Gasteiger partial charge is 0.280 e. The molecule has 1 unspecified atom stereocenters. The van der Waals surface area contributed by atoms with E-state index in [1.807, 2.05) is 19.1 Å². The van der Waals surface area contributed by atoms with Gasteiger partial charge < -0.3 is 14.2 Å². The predicted octanol–water partition coefficient (Wildman–Crippen LogP) is 5.62. The molecule has 0 spiro atoms. The van der Waals surface area contributed by atoms with E-state index in [2.05, 4.69) is 15.5 Å². The van der Waals surface area contributed by atoms with Gasteiger partial charge in [0.2, 0.25) is 11.8 Å². The van der Waals surface area contributed by atoms with E-state index in [0.717, 1.165) is 17.3 Å². The van der Waals surface area contributed by atoms with Crippen LogP contribution in [-0.2, 0) is 16.1 Å². The molecule has 2 amide bonds. The summed E-state index contributed by atoms with van der Waals surface area (Å²) in [4.78, 5) is 38.2. The highest BCUT2D eigenvalue weighted by molar-refractivity contribution is 8.15. The minimum Gasteiger partial charge on any atom is -0.467 e. The Morgan fingerprint density at radius 1 is 1.12 bits per heavy atom. The minimum atomic E-state index is -0.691. The lowest BCUT2D eigenvalue weighted by Crippen LogP contribution is -2.33. The van der Waals surface area contributed by atoms with Crippen molar-refractivity contribution >= 4 is 46.3 Å². The third kappa shape index (κ3) is 6.18. The Bertz CT molecular complexity index is 1590. The first-order valence-corrected chi connectivity index (χ1v) is 13.1. The molecule has 0 saturated carbocycles. The molecule has 4 aromatic rings. The first-order valence-electron chi connectivity index (χ1n) is 12.2. The number of nitrogens with zero attached hydrogens (tertiary/aromatic N) is 4. The summed E-state index contributed by atoms with van der Waals surface area (Å²) in [7, 11) is 0. The summed E-state index contributed by atoms with van der Waals surface area (Å²) in [6.45, 7) is 2.09. The number of hydrogen-bond acceptors (Lipinski definition) is 9. The molecule has 11 nitrogen and oxygen atoms in total. The van der Waals surface area contributed by atoms with Crippen LogP contribution in [0.1, 0.15) is 23.5 Å². The second kappa shape index (κ2) is 11.8. The first-order chi connectivity index (χ1) is 19.4. The predicted molar refractivity (Wildman–Crippen MR) is 151 cm³/mol. The van der Waals surface area contributed by atoms with Gasteiger partial charge in [0.15, 0.2) is 5.17 Å². The number of carbonyl (C=O) groups excluding carboxylic acids is 2. The minimum absolute atomic E-state index is 0.0494. The third-order valence-corrected chi connectivity index (χ3v) is 7.11. The molecule has 3 heterocycles. The van der Waals surface area contributed by atoms with Gasteiger partial charge >= 0.3 is 0 Å². The number of nitro benzene ring substituents is 1. The van der Waals surface area contributed by atoms with E-state index in [1.165, 1.54) is 23.4 Å². The number of nitrogens with one attached hydrogen (secondary N) is 1. The van der Waals surface area contributed by atoms with Crippen molar-refractivity contribution in [2.75, 3.05) is 5.32 Å². The molecule has 1 N–H and O–H groups in total. The van der Waals surface area contributed by atoms with E-state index >= 15 is 0 Å². The Labute approximate surface area is 232 Å². The number of nitro groups is 1. The molecular weight excluding hydrogens is 534 g/mol. The van der Waals surface area contributed by atoms with E-state index in [1.54, 1.807) is 54.6 Å². The van der Waals surface area contributed by atoms with Crippen LogP contribution in [0.25, 0.3) is 11.3 Å². The van der Waals surface area contributed by atoms with E-state index < -0.39 is 10.2 Å². The maximum atomic E-state index is 13.2. The lowest BCUT2D eigenvalue weighted by Gasteiger charge is -2.14. The van der Waals surface area contributed by atoms with Crippen LogP contribution in [0.2, 0.25) is 0 Å². The normalized spacial score (nSPS) is 16.2. The SMILES string of the molecule is Cc1ccc(NC(=O)CC2S/C(=N\N=C\c3ccc(-c4ccccc4[N+](=O)[O-])o3)N(Cc3ccco3)C2=O)cc1. The van der Waals surface area contributed by atoms with Crippen LogP contribution in [0.5, 0.6) is 0 Å². The molecular formula is C28H23N5O6S. The zero-order valence-corrected chi connectivity index (χ0v) is 22.0. The zero-order valence-electron chi connectivity index (χ0n) is 21.2. The van der Waals surface area contributed by atoms with Crippen LogP contribution in [0, 0.1) is 17.0 Å². The van der Waals surface area contributed by atoms with Crippen molar-refractivity contribution in [1.29, 1.82) is 0 Å². The molecule has 1 aliphatic rings. The van der Waals surface area contributed by atoms with E-state index in [-0.39, 0.29) is 30.5 Å². The van der Waals surface area contributed by atoms with Gasteiger partial charge in [0.1, 0.15) is 22.5 Å². The summed E-state index contributed by atoms with van der Waals surface area (Å²) in [5.74, 6) is 0.599. The van der Waals surface area contributed by atoms with E-state index in [9.17, 15) is 19.7 Å². The number of para-hydroxylation sites is 1. The van der Waals surface area contributed by atoms with Gasteiger partial charge in [-0.3, -0.25) is 24.6 Å². The quantitative estimate of drug-likeness (QED) is 0.160. The van der Waals surface area contributed by atoms with Crippen LogP contribution in [-0.4, -0.2) is 38.3 Å². The summed E-state index contributed by atoms with van der Waals surface area (Å²) >= 11 is 1.14. The molecule has 0 radical (unpaired) electrons. The van der Waals surface area contributed by atoms with Gasteiger partial charge in [0.25, 0.3) is 5.69 Å². The van der Waals surface area contributed by atoms with Crippen molar-refractivity contribution in [3.8, 4) is 11.3 Å². The van der Waals surface area contributed by atoms with Crippen molar-refractivity contribution < 1.29 is 23.3 Å². The topological polar surface area (TPSA) is 144 Å². The Balaban J connectivity index is 1.31. The summed E-state index contributed by atoms with van der Waals surface area (Å²) in [6, 6.07) is 20.3. The fourth-order valence-electron chi connectivity index (χ4n) is 3.98. The summed E-state index contributed by atoms with van der Waals surface area (Å²) < 4.78 is 11.1. The number of thioether (sulfide) groups is 1. The maximum absolute atomic E-state index is 13.2. The van der Waals surface area contributed by atoms with Crippen LogP contribution in [0.4, 0.5) is 11.4 Å². The van der Waals surface area contributed by atoms with Gasteiger partial charge in [-0.2, -0.15) is 5.10 Å². The molecule has 12 heteroatoms. The van der Waals surface area contributed by atoms with Crippen molar-refractivity contribution in [3.63, 3.8) is 0 Å². The van der Waals surface area contributed by atoms with Crippen molar-refractivity contribution in [2.45, 2.75) is 25.1 Å². The largest absolute Gasteiger partial charge is 0.467 e. The molecule has 2 aromatic heterocycles. The maximum Gasteiger partial charge on any atom is 0.280 e. The molecule has 0 aliphatic carbocycles. The number of amidine groups is 1. The Morgan fingerprint density at radius 2 is 1.93 bits per heavy atom. The van der Waals surface area contributed by atoms with Gasteiger partial charge in [0.05, 0.1) is 29.5 Å². The highest BCUT2D eigenvalue weighted by Gasteiger charge is 2.39. The van der Waals surface area contributed by atoms with Gasteiger partial charge in [-0.15, -0.1) is 5.10 Å². The third-order valence-electron chi connectivity index (χ3n) is 5.94. The molecule has 1 atom stereocenters. The fourth-order valence-corrected chi connectivity index (χ4v) is 5.07. The highest BCUT2D eigenvalue weighted by Crippen LogP contribution is 2.32. The zero-order chi connectivity index (χ0) is 28.1. The van der Waals surface area contributed by atoms with Crippen LogP contribution in [0.15, 0.2) is 98.1 Å². The first kappa shape index (κ1) is 26.6. The molecule has 1 fully saturated rings. The lowest BCUT2D eigenvalue weighted by molar-refractivity contribution is -0.384. The van der Waals surface area contributed by atoms with Gasteiger partial charge in [0, 0.05) is 18.2 Å². The molecule has 5 rings (SSSR count). The summed E-state index contributed by atoms with van der Waals surface area (Å²) in [6.07, 6.45) is 2.81. The van der Waals surface area contributed by atoms with Crippen molar-refractivity contribution in [2.24, 2.45) is 10.2 Å². The number of amides is 2. The summed E-state index contributed by atoms with van der Waals surface area (Å²) in [5, 5.41) is 22.1. The molecule has 1 saturated heterocycles. The van der Waals surface area contributed by atoms with Gasteiger partial charge in [-0.05, 0) is 49.4 Å². The molecule has 0 bridgehead atoms. The van der Waals surface area contributed by atoms with Gasteiger partial charge in [-0.1, -0.05) is 41.6 Å². The number of rotatable bonds is 9. The number of hydrogen-bond donors (Lipinski definition) is 1. The van der Waals surface area contributed by atoms with Gasteiger partial charge in [-0.25, -0.2) is 0 Å². The number of carbonyl (C=O) groups is 2. The number of furan rings is 2. The van der Waals surface area contributed by atoms with E-state index in [0.29, 0.717) is 33.7 Å². The average Bonchev–Trinajstić information content (AvgIpc) is 3.69. The molecule has 40 heavy (non-hydrogen) atoms. The standard InChI is InChI=1S/C28H23N5O6S/c1-18-8-10-19(11-9-18)30-26(34)15-25-27(35)32(17-21-5-4-14-38-21)28(40-25)31-29-16-20-12-13-24(39-20)22-6-2-3-7-23(22)33(36)37/h2-14,16,25H,15,17H2,1H3,(H,30,34)/b29-16+,31-28-. The van der Waals surface area contributed by atoms with E-state index in [4.69, 9.17) is 8.83 Å². The highest BCUT2D eigenvalue weighted by atomic mass is 32.2. The van der Waals surface area contributed by atoms with Crippen LogP contribution < -0.4 is 5.32 Å². The van der Waals surface area contributed by atoms with Crippen LogP contribution in [0.3, 0.4) is 0 Å². The second-order valence-electron chi connectivity index (χ2n) is 8.83. The lowest BCUT2D eigenvalue weighted by atomic mass is 10.1. The molecule has 1 aliphatic heterocycles. The summed E-state index contributed by atoms with van der Waals surface area (Å²) in [5.41, 5.74) is 1.98. The molecule has 202 valence electrons. The number of aryl methyl sites for hydroxylation is 1.